The number of carbonyl (C=O) groups is 2. The van der Waals surface area contributed by atoms with Gasteiger partial charge in [-0.05, 0) is 36.4 Å². The van der Waals surface area contributed by atoms with Crippen LogP contribution in [0.15, 0.2) is 41.5 Å². The molecule has 0 saturated carbocycles. The predicted molar refractivity (Wildman–Crippen MR) is 117 cm³/mol. The maximum atomic E-state index is 12.9. The Morgan fingerprint density at radius 3 is 2.25 bits per heavy atom. The van der Waals surface area contributed by atoms with Gasteiger partial charge in [-0.15, -0.1) is 0 Å². The lowest BCUT2D eigenvalue weighted by Gasteiger charge is -2.24. The van der Waals surface area contributed by atoms with E-state index in [4.69, 9.17) is 24.1 Å². The highest BCUT2D eigenvalue weighted by atomic mass is 16.5. The van der Waals surface area contributed by atoms with Crippen LogP contribution in [0.3, 0.4) is 0 Å². The van der Waals surface area contributed by atoms with Crippen LogP contribution in [0.25, 0.3) is 0 Å². The molecule has 0 radical (unpaired) electrons. The van der Waals surface area contributed by atoms with Gasteiger partial charge in [0, 0.05) is 24.0 Å². The van der Waals surface area contributed by atoms with Gasteiger partial charge in [-0.2, -0.15) is 5.10 Å². The molecule has 1 heterocycles. The van der Waals surface area contributed by atoms with Crippen molar-refractivity contribution < 1.29 is 33.6 Å². The molecule has 170 valence electrons. The van der Waals surface area contributed by atoms with Gasteiger partial charge in [0.05, 0.1) is 46.6 Å². The summed E-state index contributed by atoms with van der Waals surface area (Å²) < 4.78 is 21.6. The summed E-state index contributed by atoms with van der Waals surface area (Å²) in [6, 6.07) is 10.3. The molecule has 1 aliphatic heterocycles. The van der Waals surface area contributed by atoms with Gasteiger partial charge in [0.15, 0.2) is 11.5 Å². The molecule has 0 bridgehead atoms. The monoisotopic (exact) mass is 442 g/mol. The Bertz CT molecular complexity index is 1040. The minimum atomic E-state index is -1.04. The van der Waals surface area contributed by atoms with Crippen LogP contribution in [0.5, 0.6) is 23.0 Å². The summed E-state index contributed by atoms with van der Waals surface area (Å²) in [5, 5.41) is 14.9. The van der Waals surface area contributed by atoms with E-state index in [0.717, 1.165) is 11.1 Å². The van der Waals surface area contributed by atoms with E-state index in [-0.39, 0.29) is 12.8 Å². The SMILES string of the molecule is COc1ccc(OC)c(C2CC(c3ccc(OC)c(OC)c3)=NN2C(=O)CCC(=O)O)c1. The normalized spacial score (nSPS) is 15.2. The molecule has 32 heavy (non-hydrogen) atoms. The first-order chi connectivity index (χ1) is 15.4. The number of hydrogen-bond acceptors (Lipinski definition) is 7. The molecule has 0 aromatic heterocycles. The molecule has 9 heteroatoms. The lowest BCUT2D eigenvalue weighted by atomic mass is 9.97. The standard InChI is InChI=1S/C23H26N2O7/c1-29-15-6-8-19(30-2)16(12-15)18-13-17(24-25(18)22(26)9-10-23(27)28)14-5-7-20(31-3)21(11-14)32-4/h5-8,11-12,18H,9-10,13H2,1-4H3,(H,27,28). The van der Waals surface area contributed by atoms with Crippen molar-refractivity contribution in [3.05, 3.63) is 47.5 Å². The average molecular weight is 442 g/mol. The number of methoxy groups -OCH3 is 4. The van der Waals surface area contributed by atoms with Crippen LogP contribution in [0.1, 0.15) is 36.4 Å². The second kappa shape index (κ2) is 10.0. The lowest BCUT2D eigenvalue weighted by molar-refractivity contribution is -0.141. The van der Waals surface area contributed by atoms with Crippen LogP contribution in [-0.2, 0) is 9.59 Å². The molecule has 2 aromatic rings. The smallest absolute Gasteiger partial charge is 0.303 e. The van der Waals surface area contributed by atoms with Gasteiger partial charge in [-0.1, -0.05) is 0 Å². The molecular weight excluding hydrogens is 416 g/mol. The highest BCUT2D eigenvalue weighted by Gasteiger charge is 2.35. The van der Waals surface area contributed by atoms with Gasteiger partial charge in [0.2, 0.25) is 5.91 Å². The fourth-order valence-electron chi connectivity index (χ4n) is 3.60. The van der Waals surface area contributed by atoms with E-state index in [1.54, 1.807) is 58.8 Å². The molecule has 3 rings (SSSR count). The van der Waals surface area contributed by atoms with Crippen molar-refractivity contribution >= 4 is 17.6 Å². The predicted octanol–water partition coefficient (Wildman–Crippen LogP) is 3.26. The minimum absolute atomic E-state index is 0.166. The first kappa shape index (κ1) is 22.9. The molecule has 1 amide bonds. The molecule has 9 nitrogen and oxygen atoms in total. The van der Waals surface area contributed by atoms with Crippen LogP contribution in [-0.4, -0.2) is 56.1 Å². The Kier molecular flexibility index (Phi) is 7.19. The zero-order valence-corrected chi connectivity index (χ0v) is 18.5. The van der Waals surface area contributed by atoms with Crippen molar-refractivity contribution in [2.24, 2.45) is 5.10 Å². The summed E-state index contributed by atoms with van der Waals surface area (Å²) in [6.45, 7) is 0. The van der Waals surface area contributed by atoms with Crippen LogP contribution in [0.2, 0.25) is 0 Å². The van der Waals surface area contributed by atoms with E-state index in [2.05, 4.69) is 5.10 Å². The number of carbonyl (C=O) groups excluding carboxylic acids is 1. The van der Waals surface area contributed by atoms with Gasteiger partial charge >= 0.3 is 5.97 Å². The first-order valence-corrected chi connectivity index (χ1v) is 9.97. The topological polar surface area (TPSA) is 107 Å². The van der Waals surface area contributed by atoms with E-state index >= 15 is 0 Å². The van der Waals surface area contributed by atoms with Crippen LogP contribution >= 0.6 is 0 Å². The van der Waals surface area contributed by atoms with Gasteiger partial charge in [0.25, 0.3) is 0 Å². The fourth-order valence-corrected chi connectivity index (χ4v) is 3.60. The van der Waals surface area contributed by atoms with E-state index in [9.17, 15) is 9.59 Å². The zero-order chi connectivity index (χ0) is 23.3. The van der Waals surface area contributed by atoms with Crippen molar-refractivity contribution in [1.29, 1.82) is 0 Å². The molecule has 1 N–H and O–H groups in total. The average Bonchev–Trinajstić information content (AvgIpc) is 3.26. The summed E-state index contributed by atoms with van der Waals surface area (Å²) in [5.74, 6) is 0.873. The van der Waals surface area contributed by atoms with Gasteiger partial charge in [-0.25, -0.2) is 5.01 Å². The molecule has 1 unspecified atom stereocenters. The summed E-state index contributed by atoms with van der Waals surface area (Å²) in [6.07, 6.45) is -0.0445. The third-order valence-corrected chi connectivity index (χ3v) is 5.23. The van der Waals surface area contributed by atoms with Gasteiger partial charge < -0.3 is 24.1 Å². The number of carboxylic acids is 1. The van der Waals surface area contributed by atoms with Crippen molar-refractivity contribution in [3.63, 3.8) is 0 Å². The zero-order valence-electron chi connectivity index (χ0n) is 18.5. The van der Waals surface area contributed by atoms with E-state index in [0.29, 0.717) is 35.1 Å². The number of benzene rings is 2. The number of nitrogens with zero attached hydrogens (tertiary/aromatic N) is 2. The van der Waals surface area contributed by atoms with Crippen molar-refractivity contribution in [2.75, 3.05) is 28.4 Å². The number of hydrazone groups is 1. The van der Waals surface area contributed by atoms with Crippen LogP contribution < -0.4 is 18.9 Å². The van der Waals surface area contributed by atoms with Gasteiger partial charge in [0.1, 0.15) is 11.5 Å². The quantitative estimate of drug-likeness (QED) is 0.635. The number of amides is 1. The summed E-state index contributed by atoms with van der Waals surface area (Å²) >= 11 is 0. The molecule has 2 aromatic carbocycles. The Morgan fingerprint density at radius 1 is 0.938 bits per heavy atom. The minimum Gasteiger partial charge on any atom is -0.497 e. The number of ether oxygens (including phenoxy) is 4. The maximum absolute atomic E-state index is 12.9. The van der Waals surface area contributed by atoms with Crippen LogP contribution in [0, 0.1) is 0 Å². The number of rotatable bonds is 9. The number of hydrogen-bond donors (Lipinski definition) is 1. The molecule has 0 aliphatic carbocycles. The molecule has 1 atom stereocenters. The Hall–Kier alpha value is -3.75. The largest absolute Gasteiger partial charge is 0.497 e. The maximum Gasteiger partial charge on any atom is 0.303 e. The number of aliphatic carboxylic acids is 1. The summed E-state index contributed by atoms with van der Waals surface area (Å²) in [5.41, 5.74) is 2.14. The second-order valence-corrected chi connectivity index (χ2v) is 7.08. The van der Waals surface area contributed by atoms with E-state index < -0.39 is 17.9 Å². The lowest BCUT2D eigenvalue weighted by Crippen LogP contribution is -2.27. The van der Waals surface area contributed by atoms with E-state index in [1.807, 2.05) is 6.07 Å². The van der Waals surface area contributed by atoms with Crippen molar-refractivity contribution in [3.8, 4) is 23.0 Å². The highest BCUT2D eigenvalue weighted by Crippen LogP contribution is 2.40. The molecule has 1 aliphatic rings. The summed E-state index contributed by atoms with van der Waals surface area (Å²) in [7, 11) is 6.21. The third-order valence-electron chi connectivity index (χ3n) is 5.23. The molecule has 0 spiro atoms. The Morgan fingerprint density at radius 2 is 1.62 bits per heavy atom. The van der Waals surface area contributed by atoms with Crippen LogP contribution in [0.4, 0.5) is 0 Å². The Labute approximate surface area is 186 Å². The van der Waals surface area contributed by atoms with Gasteiger partial charge in [-0.3, -0.25) is 9.59 Å². The molecule has 0 fully saturated rings. The first-order valence-electron chi connectivity index (χ1n) is 9.97. The van der Waals surface area contributed by atoms with Crippen molar-refractivity contribution in [2.45, 2.75) is 25.3 Å². The molecule has 0 saturated heterocycles. The summed E-state index contributed by atoms with van der Waals surface area (Å²) in [4.78, 5) is 23.9. The highest BCUT2D eigenvalue weighted by molar-refractivity contribution is 6.03. The van der Waals surface area contributed by atoms with Crippen molar-refractivity contribution in [1.82, 2.24) is 5.01 Å². The fraction of sp³-hybridized carbons (Fsp3) is 0.348. The molecular formula is C23H26N2O7. The number of carboxylic acid groups (broad SMARTS) is 1. The Balaban J connectivity index is 2.02. The second-order valence-electron chi connectivity index (χ2n) is 7.08. The van der Waals surface area contributed by atoms with E-state index in [1.165, 1.54) is 5.01 Å². The third kappa shape index (κ3) is 4.77.